The van der Waals surface area contributed by atoms with Gasteiger partial charge in [0.1, 0.15) is 0 Å². The van der Waals surface area contributed by atoms with E-state index in [0.29, 0.717) is 11.1 Å². The first kappa shape index (κ1) is 14.7. The zero-order valence-corrected chi connectivity index (χ0v) is 11.2. The molecule has 0 aliphatic carbocycles. The maximum atomic E-state index is 11.1. The van der Waals surface area contributed by atoms with Crippen LogP contribution in [-0.2, 0) is 18.0 Å². The van der Waals surface area contributed by atoms with E-state index >= 15 is 0 Å². The molecule has 2 aromatic rings. The van der Waals surface area contributed by atoms with E-state index in [4.69, 9.17) is 14.9 Å². The summed E-state index contributed by atoms with van der Waals surface area (Å²) in [7, 11) is 0. The Morgan fingerprint density at radius 3 is 1.52 bits per heavy atom. The molecule has 0 aliphatic rings. The fourth-order valence-electron chi connectivity index (χ4n) is 1.98. The molecular formula is C16H14O5. The van der Waals surface area contributed by atoms with Gasteiger partial charge in [-0.15, -0.1) is 0 Å². The number of carboxylic acids is 2. The van der Waals surface area contributed by atoms with Crippen LogP contribution in [0, 0.1) is 0 Å². The van der Waals surface area contributed by atoms with Gasteiger partial charge in [-0.2, -0.15) is 0 Å². The molecule has 0 heterocycles. The number of rotatable bonds is 6. The van der Waals surface area contributed by atoms with Crippen molar-refractivity contribution >= 4 is 11.9 Å². The number of aromatic carboxylic acids is 2. The molecule has 0 fully saturated rings. The predicted octanol–water partition coefficient (Wildman–Crippen LogP) is 2.80. The Kier molecular flexibility index (Phi) is 4.68. The highest BCUT2D eigenvalue weighted by atomic mass is 16.5. The topological polar surface area (TPSA) is 83.8 Å². The van der Waals surface area contributed by atoms with Crippen molar-refractivity contribution in [3.05, 3.63) is 70.8 Å². The van der Waals surface area contributed by atoms with Crippen molar-refractivity contribution < 1.29 is 24.5 Å². The maximum Gasteiger partial charge on any atom is 0.336 e. The molecule has 0 spiro atoms. The summed E-state index contributed by atoms with van der Waals surface area (Å²) in [5.74, 6) is -2.03. The van der Waals surface area contributed by atoms with E-state index in [0.717, 1.165) is 0 Å². The maximum absolute atomic E-state index is 11.1. The normalized spacial score (nSPS) is 10.3. The Morgan fingerprint density at radius 2 is 1.14 bits per heavy atom. The minimum Gasteiger partial charge on any atom is -0.478 e. The lowest BCUT2D eigenvalue weighted by atomic mass is 10.1. The van der Waals surface area contributed by atoms with Gasteiger partial charge in [0.25, 0.3) is 0 Å². The molecule has 5 heteroatoms. The Hall–Kier alpha value is -2.66. The van der Waals surface area contributed by atoms with Gasteiger partial charge in [-0.05, 0) is 23.3 Å². The third-order valence-corrected chi connectivity index (χ3v) is 3.01. The minimum atomic E-state index is -1.01. The van der Waals surface area contributed by atoms with Crippen molar-refractivity contribution in [3.63, 3.8) is 0 Å². The number of hydrogen-bond acceptors (Lipinski definition) is 3. The molecule has 0 radical (unpaired) electrons. The summed E-state index contributed by atoms with van der Waals surface area (Å²) >= 11 is 0. The number of ether oxygens (including phenoxy) is 1. The Balaban J connectivity index is 2.06. The zero-order valence-electron chi connectivity index (χ0n) is 11.2. The average molecular weight is 286 g/mol. The minimum absolute atomic E-state index is 0.108. The molecule has 21 heavy (non-hydrogen) atoms. The SMILES string of the molecule is O=C(O)c1ccccc1COCc1ccccc1C(=O)O. The van der Waals surface area contributed by atoms with Crippen LogP contribution in [-0.4, -0.2) is 22.2 Å². The molecule has 0 aliphatic heterocycles. The lowest BCUT2D eigenvalue weighted by molar-refractivity contribution is 0.0683. The molecule has 2 N–H and O–H groups in total. The van der Waals surface area contributed by atoms with Gasteiger partial charge in [0, 0.05) is 0 Å². The molecule has 5 nitrogen and oxygen atoms in total. The number of hydrogen-bond donors (Lipinski definition) is 2. The Morgan fingerprint density at radius 1 is 0.762 bits per heavy atom. The van der Waals surface area contributed by atoms with E-state index in [1.165, 1.54) is 12.1 Å². The molecule has 0 saturated heterocycles. The summed E-state index contributed by atoms with van der Waals surface area (Å²) in [5, 5.41) is 18.1. The first-order chi connectivity index (χ1) is 10.1. The summed E-state index contributed by atoms with van der Waals surface area (Å²) in [6, 6.07) is 13.1. The number of carboxylic acid groups (broad SMARTS) is 2. The van der Waals surface area contributed by atoms with Gasteiger partial charge < -0.3 is 14.9 Å². The van der Waals surface area contributed by atoms with Crippen molar-refractivity contribution in [2.45, 2.75) is 13.2 Å². The van der Waals surface area contributed by atoms with Crippen LogP contribution in [0.1, 0.15) is 31.8 Å². The number of benzene rings is 2. The first-order valence-corrected chi connectivity index (χ1v) is 6.29. The fourth-order valence-corrected chi connectivity index (χ4v) is 1.98. The van der Waals surface area contributed by atoms with Crippen LogP contribution >= 0.6 is 0 Å². The van der Waals surface area contributed by atoms with Crippen LogP contribution in [0.25, 0.3) is 0 Å². The smallest absolute Gasteiger partial charge is 0.336 e. The van der Waals surface area contributed by atoms with Crippen molar-refractivity contribution in [1.82, 2.24) is 0 Å². The largest absolute Gasteiger partial charge is 0.478 e. The van der Waals surface area contributed by atoms with Crippen LogP contribution in [0.5, 0.6) is 0 Å². The standard InChI is InChI=1S/C16H14O5/c17-15(18)13-7-3-1-5-11(13)9-21-10-12-6-2-4-8-14(12)16(19)20/h1-8H,9-10H2,(H,17,18)(H,19,20). The molecule has 0 unspecified atom stereocenters. The Labute approximate surface area is 121 Å². The van der Waals surface area contributed by atoms with Gasteiger partial charge in [0.15, 0.2) is 0 Å². The Bertz CT molecular complexity index is 606. The first-order valence-electron chi connectivity index (χ1n) is 6.29. The highest BCUT2D eigenvalue weighted by Crippen LogP contribution is 2.14. The zero-order chi connectivity index (χ0) is 15.2. The fraction of sp³-hybridized carbons (Fsp3) is 0.125. The molecule has 0 amide bonds. The highest BCUT2D eigenvalue weighted by molar-refractivity contribution is 5.89. The predicted molar refractivity (Wildman–Crippen MR) is 75.3 cm³/mol. The second kappa shape index (κ2) is 6.67. The van der Waals surface area contributed by atoms with E-state index in [1.807, 2.05) is 0 Å². The van der Waals surface area contributed by atoms with Crippen molar-refractivity contribution in [3.8, 4) is 0 Å². The van der Waals surface area contributed by atoms with Crippen LogP contribution in [0.3, 0.4) is 0 Å². The summed E-state index contributed by atoms with van der Waals surface area (Å²) in [6.07, 6.45) is 0. The summed E-state index contributed by atoms with van der Waals surface area (Å²) < 4.78 is 5.46. The number of carbonyl (C=O) groups is 2. The van der Waals surface area contributed by atoms with E-state index in [1.54, 1.807) is 36.4 Å². The van der Waals surface area contributed by atoms with E-state index in [9.17, 15) is 9.59 Å². The van der Waals surface area contributed by atoms with Crippen LogP contribution in [0.15, 0.2) is 48.5 Å². The molecule has 0 aromatic heterocycles. The van der Waals surface area contributed by atoms with Crippen LogP contribution in [0.4, 0.5) is 0 Å². The monoisotopic (exact) mass is 286 g/mol. The molecule has 0 saturated carbocycles. The summed E-state index contributed by atoms with van der Waals surface area (Å²) in [6.45, 7) is 0.215. The quantitative estimate of drug-likeness (QED) is 0.853. The van der Waals surface area contributed by atoms with Gasteiger partial charge in [0.2, 0.25) is 0 Å². The molecule has 0 atom stereocenters. The molecular weight excluding hydrogens is 272 g/mol. The van der Waals surface area contributed by atoms with Crippen LogP contribution < -0.4 is 0 Å². The second-order valence-corrected chi connectivity index (χ2v) is 4.42. The van der Waals surface area contributed by atoms with Gasteiger partial charge in [0.05, 0.1) is 24.3 Å². The third-order valence-electron chi connectivity index (χ3n) is 3.01. The molecule has 2 aromatic carbocycles. The van der Waals surface area contributed by atoms with Crippen molar-refractivity contribution in [2.24, 2.45) is 0 Å². The lowest BCUT2D eigenvalue weighted by Crippen LogP contribution is -2.06. The van der Waals surface area contributed by atoms with Gasteiger partial charge in [-0.1, -0.05) is 36.4 Å². The highest BCUT2D eigenvalue weighted by Gasteiger charge is 2.11. The van der Waals surface area contributed by atoms with Crippen molar-refractivity contribution in [1.29, 1.82) is 0 Å². The molecule has 108 valence electrons. The van der Waals surface area contributed by atoms with Gasteiger partial charge in [-0.25, -0.2) is 9.59 Å². The van der Waals surface area contributed by atoms with E-state index in [2.05, 4.69) is 0 Å². The second-order valence-electron chi connectivity index (χ2n) is 4.42. The van der Waals surface area contributed by atoms with Crippen LogP contribution in [0.2, 0.25) is 0 Å². The van der Waals surface area contributed by atoms with Crippen molar-refractivity contribution in [2.75, 3.05) is 0 Å². The van der Waals surface area contributed by atoms with Gasteiger partial charge >= 0.3 is 11.9 Å². The van der Waals surface area contributed by atoms with E-state index in [-0.39, 0.29) is 24.3 Å². The molecule has 0 bridgehead atoms. The van der Waals surface area contributed by atoms with E-state index < -0.39 is 11.9 Å². The summed E-state index contributed by atoms with van der Waals surface area (Å²) in [4.78, 5) is 22.1. The van der Waals surface area contributed by atoms with Gasteiger partial charge in [-0.3, -0.25) is 0 Å². The lowest BCUT2D eigenvalue weighted by Gasteiger charge is -2.09. The molecule has 2 rings (SSSR count). The summed E-state index contributed by atoms with van der Waals surface area (Å²) in [5.41, 5.74) is 1.48. The third kappa shape index (κ3) is 3.67. The average Bonchev–Trinajstić information content (AvgIpc) is 2.48.